The van der Waals surface area contributed by atoms with E-state index < -0.39 is 0 Å². The SMILES string of the molecule is CN1CCCCC1c1nc(CO)no1. The van der Waals surface area contributed by atoms with Crippen LogP contribution >= 0.6 is 0 Å². The summed E-state index contributed by atoms with van der Waals surface area (Å²) >= 11 is 0. The Labute approximate surface area is 82.7 Å². The van der Waals surface area contributed by atoms with Crippen molar-refractivity contribution in [3.63, 3.8) is 0 Å². The van der Waals surface area contributed by atoms with Crippen molar-refractivity contribution in [2.24, 2.45) is 0 Å². The van der Waals surface area contributed by atoms with Gasteiger partial charge in [0, 0.05) is 0 Å². The molecule has 0 spiro atoms. The van der Waals surface area contributed by atoms with Crippen LogP contribution in [0, 0.1) is 0 Å². The maximum Gasteiger partial charge on any atom is 0.244 e. The van der Waals surface area contributed by atoms with E-state index in [2.05, 4.69) is 22.1 Å². The summed E-state index contributed by atoms with van der Waals surface area (Å²) in [4.78, 5) is 6.35. The lowest BCUT2D eigenvalue weighted by atomic mass is 10.0. The molecule has 2 rings (SSSR count). The Morgan fingerprint density at radius 1 is 1.57 bits per heavy atom. The fourth-order valence-electron chi connectivity index (χ4n) is 1.85. The van der Waals surface area contributed by atoms with Crippen molar-refractivity contribution in [2.45, 2.75) is 31.9 Å². The van der Waals surface area contributed by atoms with Crippen molar-refractivity contribution in [3.8, 4) is 0 Å². The van der Waals surface area contributed by atoms with Crippen LogP contribution in [-0.2, 0) is 6.61 Å². The number of hydrogen-bond acceptors (Lipinski definition) is 5. The van der Waals surface area contributed by atoms with Crippen LogP contribution in [0.15, 0.2) is 4.52 Å². The van der Waals surface area contributed by atoms with Gasteiger partial charge in [-0.1, -0.05) is 11.6 Å². The second kappa shape index (κ2) is 4.06. The molecule has 1 N–H and O–H groups in total. The molecule has 1 aliphatic heterocycles. The molecule has 0 aromatic carbocycles. The number of hydrogen-bond donors (Lipinski definition) is 1. The number of piperidine rings is 1. The van der Waals surface area contributed by atoms with E-state index in [9.17, 15) is 0 Å². The minimum absolute atomic E-state index is 0.153. The maximum absolute atomic E-state index is 8.82. The van der Waals surface area contributed by atoms with Gasteiger partial charge < -0.3 is 9.63 Å². The van der Waals surface area contributed by atoms with Gasteiger partial charge in [-0.05, 0) is 26.4 Å². The highest BCUT2D eigenvalue weighted by Gasteiger charge is 2.25. The topological polar surface area (TPSA) is 62.4 Å². The Balaban J connectivity index is 2.12. The Morgan fingerprint density at radius 2 is 2.43 bits per heavy atom. The van der Waals surface area contributed by atoms with E-state index in [1.165, 1.54) is 12.8 Å². The van der Waals surface area contributed by atoms with Crippen LogP contribution < -0.4 is 0 Å². The van der Waals surface area contributed by atoms with Crippen molar-refractivity contribution in [1.29, 1.82) is 0 Å². The summed E-state index contributed by atoms with van der Waals surface area (Å²) < 4.78 is 5.10. The molecule has 1 aliphatic rings. The number of rotatable bonds is 2. The molecule has 5 nitrogen and oxygen atoms in total. The lowest BCUT2D eigenvalue weighted by Crippen LogP contribution is -2.29. The van der Waals surface area contributed by atoms with Crippen molar-refractivity contribution in [2.75, 3.05) is 13.6 Å². The normalized spacial score (nSPS) is 24.0. The van der Waals surface area contributed by atoms with Gasteiger partial charge >= 0.3 is 0 Å². The second-order valence-electron chi connectivity index (χ2n) is 3.70. The van der Waals surface area contributed by atoms with Crippen LogP contribution in [0.5, 0.6) is 0 Å². The van der Waals surface area contributed by atoms with Gasteiger partial charge in [-0.25, -0.2) is 0 Å². The summed E-state index contributed by atoms with van der Waals surface area (Å²) in [5.74, 6) is 1.01. The number of likely N-dealkylation sites (tertiary alicyclic amines) is 1. The Kier molecular flexibility index (Phi) is 2.79. The minimum atomic E-state index is -0.153. The van der Waals surface area contributed by atoms with Crippen LogP contribution in [0.25, 0.3) is 0 Å². The van der Waals surface area contributed by atoms with Crippen LogP contribution in [0.2, 0.25) is 0 Å². The molecular formula is C9H15N3O2. The molecule has 5 heteroatoms. The van der Waals surface area contributed by atoms with E-state index in [-0.39, 0.29) is 12.6 Å². The van der Waals surface area contributed by atoms with E-state index in [0.717, 1.165) is 13.0 Å². The Morgan fingerprint density at radius 3 is 3.07 bits per heavy atom. The van der Waals surface area contributed by atoms with Crippen molar-refractivity contribution < 1.29 is 9.63 Å². The third-order valence-electron chi connectivity index (χ3n) is 2.68. The van der Waals surface area contributed by atoms with E-state index >= 15 is 0 Å². The van der Waals surface area contributed by atoms with E-state index in [1.54, 1.807) is 0 Å². The molecule has 0 radical (unpaired) electrons. The van der Waals surface area contributed by atoms with Crippen LogP contribution in [0.4, 0.5) is 0 Å². The first-order valence-corrected chi connectivity index (χ1v) is 4.95. The average Bonchev–Trinajstić information content (AvgIpc) is 2.67. The lowest BCUT2D eigenvalue weighted by Gasteiger charge is -2.29. The average molecular weight is 197 g/mol. The first-order valence-electron chi connectivity index (χ1n) is 4.95. The summed E-state index contributed by atoms with van der Waals surface area (Å²) in [5, 5.41) is 12.5. The highest BCUT2D eigenvalue weighted by molar-refractivity contribution is 4.94. The Bertz CT molecular complexity index is 300. The standard InChI is InChI=1S/C9H15N3O2/c1-12-5-3-2-4-7(12)9-10-8(6-13)11-14-9/h7,13H,2-6H2,1H3. The molecule has 1 saturated heterocycles. The summed E-state index contributed by atoms with van der Waals surface area (Å²) in [6, 6.07) is 0.233. The predicted octanol–water partition coefficient (Wildman–Crippen LogP) is 0.719. The van der Waals surface area contributed by atoms with E-state index in [4.69, 9.17) is 9.63 Å². The highest BCUT2D eigenvalue weighted by Crippen LogP contribution is 2.27. The third kappa shape index (κ3) is 1.78. The summed E-state index contributed by atoms with van der Waals surface area (Å²) in [6.07, 6.45) is 3.49. The molecule has 1 fully saturated rings. The van der Waals surface area contributed by atoms with Crippen LogP contribution in [-0.4, -0.2) is 33.7 Å². The molecule has 1 atom stereocenters. The molecule has 78 valence electrons. The molecule has 0 amide bonds. The van der Waals surface area contributed by atoms with E-state index in [0.29, 0.717) is 11.7 Å². The maximum atomic E-state index is 8.82. The molecule has 0 bridgehead atoms. The molecule has 14 heavy (non-hydrogen) atoms. The molecule has 1 unspecified atom stereocenters. The highest BCUT2D eigenvalue weighted by atomic mass is 16.5. The van der Waals surface area contributed by atoms with Gasteiger partial charge in [0.25, 0.3) is 0 Å². The first kappa shape index (κ1) is 9.61. The molecule has 2 heterocycles. The zero-order chi connectivity index (χ0) is 9.97. The molecular weight excluding hydrogens is 182 g/mol. The van der Waals surface area contributed by atoms with Crippen molar-refractivity contribution >= 4 is 0 Å². The zero-order valence-corrected chi connectivity index (χ0v) is 8.31. The minimum Gasteiger partial charge on any atom is -0.388 e. The van der Waals surface area contributed by atoms with Gasteiger partial charge in [0.05, 0.1) is 6.04 Å². The van der Waals surface area contributed by atoms with Crippen molar-refractivity contribution in [3.05, 3.63) is 11.7 Å². The van der Waals surface area contributed by atoms with Gasteiger partial charge in [-0.2, -0.15) is 4.98 Å². The monoisotopic (exact) mass is 197 g/mol. The largest absolute Gasteiger partial charge is 0.388 e. The second-order valence-corrected chi connectivity index (χ2v) is 3.70. The van der Waals surface area contributed by atoms with Gasteiger partial charge in [-0.15, -0.1) is 0 Å². The van der Waals surface area contributed by atoms with Gasteiger partial charge in [0.2, 0.25) is 5.89 Å². The number of nitrogens with zero attached hydrogens (tertiary/aromatic N) is 3. The quantitative estimate of drug-likeness (QED) is 0.756. The fourth-order valence-corrected chi connectivity index (χ4v) is 1.85. The molecule has 0 saturated carbocycles. The molecule has 1 aromatic rings. The predicted molar refractivity (Wildman–Crippen MR) is 49.4 cm³/mol. The van der Waals surface area contributed by atoms with Gasteiger partial charge in [-0.3, -0.25) is 4.90 Å². The molecule has 1 aromatic heterocycles. The zero-order valence-electron chi connectivity index (χ0n) is 8.31. The summed E-state index contributed by atoms with van der Waals surface area (Å²) in [6.45, 7) is 0.918. The number of aromatic nitrogens is 2. The smallest absolute Gasteiger partial charge is 0.244 e. The summed E-state index contributed by atoms with van der Waals surface area (Å²) in [7, 11) is 2.06. The van der Waals surface area contributed by atoms with E-state index in [1.807, 2.05) is 0 Å². The summed E-state index contributed by atoms with van der Waals surface area (Å²) in [5.41, 5.74) is 0. The van der Waals surface area contributed by atoms with Gasteiger partial charge in [0.1, 0.15) is 6.61 Å². The van der Waals surface area contributed by atoms with Crippen LogP contribution in [0.1, 0.15) is 37.0 Å². The lowest BCUT2D eigenvalue weighted by molar-refractivity contribution is 0.150. The third-order valence-corrected chi connectivity index (χ3v) is 2.68. The van der Waals surface area contributed by atoms with Crippen LogP contribution in [0.3, 0.4) is 0 Å². The van der Waals surface area contributed by atoms with Gasteiger partial charge in [0.15, 0.2) is 5.82 Å². The number of aliphatic hydroxyl groups excluding tert-OH is 1. The number of aliphatic hydroxyl groups is 1. The Hall–Kier alpha value is -0.940. The van der Waals surface area contributed by atoms with Crippen molar-refractivity contribution in [1.82, 2.24) is 15.0 Å². The first-order chi connectivity index (χ1) is 6.81. The molecule has 0 aliphatic carbocycles. The fraction of sp³-hybridized carbons (Fsp3) is 0.778.